The van der Waals surface area contributed by atoms with Crippen molar-refractivity contribution in [2.45, 2.75) is 12.3 Å². The highest BCUT2D eigenvalue weighted by molar-refractivity contribution is 9.10. The number of aryl methyl sites for hydroxylation is 1. The quantitative estimate of drug-likeness (QED) is 0.481. The second kappa shape index (κ2) is 7.70. The molecule has 1 saturated heterocycles. The molecular weight excluding hydrogens is 448 g/mol. The number of nitrogens with zero attached hydrogens (tertiary/aromatic N) is 2. The highest BCUT2D eigenvalue weighted by atomic mass is 79.9. The molecule has 1 aliphatic rings. The molecule has 1 amide bonds. The molecule has 1 unspecified atom stereocenters. The van der Waals surface area contributed by atoms with Gasteiger partial charge in [-0.15, -0.1) is 11.8 Å². The number of hydrogen-bond acceptors (Lipinski definition) is 4. The van der Waals surface area contributed by atoms with Crippen molar-refractivity contribution >= 4 is 45.2 Å². The predicted molar refractivity (Wildman–Crippen MR) is 112 cm³/mol. The summed E-state index contributed by atoms with van der Waals surface area (Å²) in [6.45, 7) is 2.44. The van der Waals surface area contributed by atoms with Crippen LogP contribution < -0.4 is 0 Å². The van der Waals surface area contributed by atoms with E-state index in [-0.39, 0.29) is 11.3 Å². The van der Waals surface area contributed by atoms with E-state index in [0.29, 0.717) is 34.1 Å². The second-order valence-electron chi connectivity index (χ2n) is 6.22. The summed E-state index contributed by atoms with van der Waals surface area (Å²) in [7, 11) is 0. The lowest BCUT2D eigenvalue weighted by molar-refractivity contribution is 0.0759. The maximum absolute atomic E-state index is 13.4. The molecule has 1 aliphatic heterocycles. The minimum absolute atomic E-state index is 0.0287. The molecule has 27 heavy (non-hydrogen) atoms. The first-order valence-corrected chi connectivity index (χ1v) is 10.7. The molecule has 1 fully saturated rings. The summed E-state index contributed by atoms with van der Waals surface area (Å²) in [5.74, 6) is 1.31. The first kappa shape index (κ1) is 18.6. The minimum Gasteiger partial charge on any atom is -0.360 e. The maximum Gasteiger partial charge on any atom is 0.260 e. The molecule has 138 valence electrons. The fourth-order valence-electron chi connectivity index (χ4n) is 3.19. The Balaban J connectivity index is 1.72. The Bertz CT molecular complexity index is 990. The molecule has 4 nitrogen and oxygen atoms in total. The molecular formula is C20H16BrClN2O2S. The van der Waals surface area contributed by atoms with Crippen LogP contribution in [0.25, 0.3) is 11.3 Å². The van der Waals surface area contributed by atoms with Gasteiger partial charge in [0.2, 0.25) is 0 Å². The van der Waals surface area contributed by atoms with Crippen LogP contribution >= 0.6 is 39.3 Å². The van der Waals surface area contributed by atoms with Crippen LogP contribution in [0.15, 0.2) is 57.5 Å². The van der Waals surface area contributed by atoms with Gasteiger partial charge in [0.25, 0.3) is 5.91 Å². The van der Waals surface area contributed by atoms with Gasteiger partial charge in [-0.05, 0) is 30.7 Å². The zero-order valence-electron chi connectivity index (χ0n) is 14.5. The molecule has 1 aromatic heterocycles. The monoisotopic (exact) mass is 462 g/mol. The molecule has 0 bridgehead atoms. The van der Waals surface area contributed by atoms with E-state index in [9.17, 15) is 4.79 Å². The first-order valence-electron chi connectivity index (χ1n) is 8.45. The Kier molecular flexibility index (Phi) is 5.30. The van der Waals surface area contributed by atoms with Gasteiger partial charge in [-0.1, -0.05) is 63.0 Å². The standard InChI is InChI=1S/C20H16BrClN2O2S/c1-12-17(18(23-26-12)15-4-2-3-5-16(15)22)19(25)24-10-11-27-20(24)13-6-8-14(21)9-7-13/h2-9,20H,10-11H2,1H3. The van der Waals surface area contributed by atoms with Crippen molar-refractivity contribution in [2.24, 2.45) is 0 Å². The van der Waals surface area contributed by atoms with Crippen LogP contribution in [0.5, 0.6) is 0 Å². The van der Waals surface area contributed by atoms with E-state index < -0.39 is 0 Å². The number of carbonyl (C=O) groups is 1. The number of rotatable bonds is 3. The number of thioether (sulfide) groups is 1. The number of amides is 1. The number of aromatic nitrogens is 1. The molecule has 0 radical (unpaired) electrons. The van der Waals surface area contributed by atoms with E-state index in [4.69, 9.17) is 16.1 Å². The molecule has 0 saturated carbocycles. The van der Waals surface area contributed by atoms with Gasteiger partial charge in [0.05, 0.1) is 5.02 Å². The van der Waals surface area contributed by atoms with Gasteiger partial charge < -0.3 is 9.42 Å². The third-order valence-electron chi connectivity index (χ3n) is 4.51. The van der Waals surface area contributed by atoms with E-state index in [0.717, 1.165) is 15.8 Å². The molecule has 7 heteroatoms. The zero-order chi connectivity index (χ0) is 19.0. The highest BCUT2D eigenvalue weighted by Crippen LogP contribution is 2.41. The molecule has 0 aliphatic carbocycles. The Labute approximate surface area is 175 Å². The van der Waals surface area contributed by atoms with Crippen molar-refractivity contribution in [3.8, 4) is 11.3 Å². The van der Waals surface area contributed by atoms with Crippen molar-refractivity contribution in [3.05, 3.63) is 74.9 Å². The topological polar surface area (TPSA) is 46.3 Å². The normalized spacial score (nSPS) is 16.7. The summed E-state index contributed by atoms with van der Waals surface area (Å²) in [6.07, 6.45) is 0. The third kappa shape index (κ3) is 3.53. The van der Waals surface area contributed by atoms with Crippen LogP contribution in [0.4, 0.5) is 0 Å². The molecule has 2 aromatic carbocycles. The Hall–Kier alpha value is -1.76. The average molecular weight is 464 g/mol. The summed E-state index contributed by atoms with van der Waals surface area (Å²) in [4.78, 5) is 15.3. The molecule has 4 rings (SSSR count). The molecule has 2 heterocycles. The lowest BCUT2D eigenvalue weighted by atomic mass is 10.0. The molecule has 1 atom stereocenters. The summed E-state index contributed by atoms with van der Waals surface area (Å²) in [6, 6.07) is 15.4. The zero-order valence-corrected chi connectivity index (χ0v) is 17.6. The summed E-state index contributed by atoms with van der Waals surface area (Å²) in [5.41, 5.74) is 2.77. The van der Waals surface area contributed by atoms with Gasteiger partial charge in [0.1, 0.15) is 22.4 Å². The van der Waals surface area contributed by atoms with Gasteiger partial charge in [0, 0.05) is 22.3 Å². The number of hydrogen-bond donors (Lipinski definition) is 0. The van der Waals surface area contributed by atoms with Crippen molar-refractivity contribution < 1.29 is 9.32 Å². The van der Waals surface area contributed by atoms with Crippen molar-refractivity contribution in [3.63, 3.8) is 0 Å². The Morgan fingerprint density at radius 3 is 2.74 bits per heavy atom. The summed E-state index contributed by atoms with van der Waals surface area (Å²) < 4.78 is 6.39. The Morgan fingerprint density at radius 2 is 2.00 bits per heavy atom. The summed E-state index contributed by atoms with van der Waals surface area (Å²) >= 11 is 11.5. The minimum atomic E-state index is -0.0819. The van der Waals surface area contributed by atoms with Crippen LogP contribution in [0.1, 0.15) is 27.1 Å². The maximum atomic E-state index is 13.4. The van der Waals surface area contributed by atoms with Gasteiger partial charge in [-0.2, -0.15) is 0 Å². The fraction of sp³-hybridized carbons (Fsp3) is 0.200. The highest BCUT2D eigenvalue weighted by Gasteiger charge is 2.35. The number of benzene rings is 2. The molecule has 3 aromatic rings. The molecule has 0 N–H and O–H groups in total. The number of halogens is 2. The van der Waals surface area contributed by atoms with Crippen LogP contribution in [0.3, 0.4) is 0 Å². The van der Waals surface area contributed by atoms with Gasteiger partial charge in [0.15, 0.2) is 0 Å². The largest absolute Gasteiger partial charge is 0.360 e. The van der Waals surface area contributed by atoms with E-state index in [1.165, 1.54) is 0 Å². The van der Waals surface area contributed by atoms with Crippen molar-refractivity contribution in [1.82, 2.24) is 10.1 Å². The van der Waals surface area contributed by atoms with Crippen LogP contribution in [-0.4, -0.2) is 28.3 Å². The second-order valence-corrected chi connectivity index (χ2v) is 8.73. The van der Waals surface area contributed by atoms with E-state index in [2.05, 4.69) is 21.1 Å². The van der Waals surface area contributed by atoms with Gasteiger partial charge >= 0.3 is 0 Å². The SMILES string of the molecule is Cc1onc(-c2ccccc2Cl)c1C(=O)N1CCSC1c1ccc(Br)cc1. The first-order chi connectivity index (χ1) is 13.1. The lowest BCUT2D eigenvalue weighted by Crippen LogP contribution is -2.31. The van der Waals surface area contributed by atoms with Crippen LogP contribution in [0.2, 0.25) is 5.02 Å². The van der Waals surface area contributed by atoms with Crippen molar-refractivity contribution in [1.29, 1.82) is 0 Å². The third-order valence-corrected chi connectivity index (χ3v) is 6.63. The molecule has 0 spiro atoms. The Morgan fingerprint density at radius 1 is 1.26 bits per heavy atom. The number of carbonyl (C=O) groups excluding carboxylic acids is 1. The average Bonchev–Trinajstić information content (AvgIpc) is 3.29. The van der Waals surface area contributed by atoms with Crippen LogP contribution in [0, 0.1) is 6.92 Å². The smallest absolute Gasteiger partial charge is 0.260 e. The van der Waals surface area contributed by atoms with E-state index in [1.807, 2.05) is 47.4 Å². The van der Waals surface area contributed by atoms with Crippen molar-refractivity contribution in [2.75, 3.05) is 12.3 Å². The summed E-state index contributed by atoms with van der Waals surface area (Å²) in [5, 5.41) is 4.64. The lowest BCUT2D eigenvalue weighted by Gasteiger charge is -2.24. The fourth-order valence-corrected chi connectivity index (χ4v) is 4.93. The van der Waals surface area contributed by atoms with Gasteiger partial charge in [-0.25, -0.2) is 0 Å². The van der Waals surface area contributed by atoms with Gasteiger partial charge in [-0.3, -0.25) is 4.79 Å². The predicted octanol–water partition coefficient (Wildman–Crippen LogP) is 5.95. The van der Waals surface area contributed by atoms with Crippen LogP contribution in [-0.2, 0) is 0 Å². The van der Waals surface area contributed by atoms with E-state index >= 15 is 0 Å². The van der Waals surface area contributed by atoms with E-state index in [1.54, 1.807) is 24.8 Å².